The Balaban J connectivity index is 1.34. The summed E-state index contributed by atoms with van der Waals surface area (Å²) in [6, 6.07) is 13.2. The second kappa shape index (κ2) is 10.3. The van der Waals surface area contributed by atoms with Gasteiger partial charge in [-0.2, -0.15) is 0 Å². The molecule has 1 aliphatic heterocycles. The summed E-state index contributed by atoms with van der Waals surface area (Å²) < 4.78 is 0. The third kappa shape index (κ3) is 6.26. The highest BCUT2D eigenvalue weighted by Gasteiger charge is 2.12. The summed E-state index contributed by atoms with van der Waals surface area (Å²) >= 11 is 0. The topological polar surface area (TPSA) is 86.4 Å². The Morgan fingerprint density at radius 2 is 1.75 bits per heavy atom. The Labute approximate surface area is 165 Å². The number of urea groups is 1. The highest BCUT2D eigenvalue weighted by molar-refractivity contribution is 5.91. The largest absolute Gasteiger partial charge is 0.357 e. The second-order valence-electron chi connectivity index (χ2n) is 6.85. The van der Waals surface area contributed by atoms with Gasteiger partial charge in [0.15, 0.2) is 0 Å². The molecule has 0 radical (unpaired) electrons. The highest BCUT2D eigenvalue weighted by Crippen LogP contribution is 2.18. The van der Waals surface area contributed by atoms with Gasteiger partial charge in [0.25, 0.3) is 0 Å². The van der Waals surface area contributed by atoms with Gasteiger partial charge in [0.05, 0.1) is 11.9 Å². The van der Waals surface area contributed by atoms with Gasteiger partial charge >= 0.3 is 6.03 Å². The van der Waals surface area contributed by atoms with E-state index in [0.29, 0.717) is 12.2 Å². The number of hydrogen-bond donors (Lipinski definition) is 3. The minimum absolute atomic E-state index is 0.157. The van der Waals surface area contributed by atoms with Gasteiger partial charge in [0.2, 0.25) is 5.91 Å². The SMILES string of the molecule is O=C(CCNC(=O)NCc1ccccc1)Nc1ccc(N2CCCCC2)nc1. The quantitative estimate of drug-likeness (QED) is 0.688. The molecule has 3 N–H and O–H groups in total. The van der Waals surface area contributed by atoms with Crippen molar-refractivity contribution in [1.82, 2.24) is 15.6 Å². The lowest BCUT2D eigenvalue weighted by Gasteiger charge is -2.27. The summed E-state index contributed by atoms with van der Waals surface area (Å²) in [5, 5.41) is 8.26. The Morgan fingerprint density at radius 3 is 2.46 bits per heavy atom. The molecule has 1 aromatic heterocycles. The Morgan fingerprint density at radius 1 is 0.964 bits per heavy atom. The van der Waals surface area contributed by atoms with Gasteiger partial charge in [0.1, 0.15) is 5.82 Å². The van der Waals surface area contributed by atoms with Crippen molar-refractivity contribution in [2.75, 3.05) is 29.9 Å². The maximum Gasteiger partial charge on any atom is 0.315 e. The third-order valence-electron chi connectivity index (χ3n) is 4.65. The first-order chi connectivity index (χ1) is 13.7. The van der Waals surface area contributed by atoms with E-state index in [-0.39, 0.29) is 24.9 Å². The molecule has 0 spiro atoms. The van der Waals surface area contributed by atoms with Crippen LogP contribution in [0.1, 0.15) is 31.2 Å². The average Bonchev–Trinajstić information content (AvgIpc) is 2.74. The fourth-order valence-electron chi connectivity index (χ4n) is 3.12. The van der Waals surface area contributed by atoms with Gasteiger partial charge in [-0.25, -0.2) is 9.78 Å². The van der Waals surface area contributed by atoms with Crippen molar-refractivity contribution >= 4 is 23.4 Å². The van der Waals surface area contributed by atoms with E-state index in [0.717, 1.165) is 24.5 Å². The summed E-state index contributed by atoms with van der Waals surface area (Å²) in [5.74, 6) is 0.797. The van der Waals surface area contributed by atoms with Crippen LogP contribution in [0.5, 0.6) is 0 Å². The van der Waals surface area contributed by atoms with Crippen LogP contribution < -0.4 is 20.9 Å². The molecule has 0 bridgehead atoms. The molecule has 2 heterocycles. The summed E-state index contributed by atoms with van der Waals surface area (Å²) in [7, 11) is 0. The number of aromatic nitrogens is 1. The summed E-state index contributed by atoms with van der Waals surface area (Å²) in [6.45, 7) is 2.80. The summed E-state index contributed by atoms with van der Waals surface area (Å²) in [5.41, 5.74) is 1.69. The number of nitrogens with one attached hydrogen (secondary N) is 3. The molecule has 7 nitrogen and oxygen atoms in total. The van der Waals surface area contributed by atoms with Crippen LogP contribution in [0.25, 0.3) is 0 Å². The molecule has 3 amide bonds. The standard InChI is InChI=1S/C21H27N5O2/c27-20(11-12-22-21(28)24-15-17-7-3-1-4-8-17)25-18-9-10-19(23-16-18)26-13-5-2-6-14-26/h1,3-4,7-10,16H,2,5-6,11-15H2,(H,25,27)(H2,22,24,28). The van der Waals surface area contributed by atoms with Crippen LogP contribution in [0, 0.1) is 0 Å². The van der Waals surface area contributed by atoms with Crippen LogP contribution in [0.4, 0.5) is 16.3 Å². The minimum atomic E-state index is -0.288. The van der Waals surface area contributed by atoms with E-state index in [1.807, 2.05) is 42.5 Å². The number of amides is 3. The minimum Gasteiger partial charge on any atom is -0.357 e. The number of anilines is 2. The number of piperidine rings is 1. The number of rotatable bonds is 7. The molecule has 0 atom stereocenters. The van der Waals surface area contributed by atoms with E-state index in [1.54, 1.807) is 6.20 Å². The number of carbonyl (C=O) groups is 2. The van der Waals surface area contributed by atoms with E-state index < -0.39 is 0 Å². The molecule has 1 aromatic carbocycles. The highest BCUT2D eigenvalue weighted by atomic mass is 16.2. The van der Waals surface area contributed by atoms with Crippen molar-refractivity contribution in [3.8, 4) is 0 Å². The van der Waals surface area contributed by atoms with E-state index in [2.05, 4.69) is 25.8 Å². The number of benzene rings is 1. The number of hydrogen-bond acceptors (Lipinski definition) is 4. The maximum absolute atomic E-state index is 12.0. The molecule has 0 unspecified atom stereocenters. The molecule has 28 heavy (non-hydrogen) atoms. The fourth-order valence-corrected chi connectivity index (χ4v) is 3.12. The van der Waals surface area contributed by atoms with Gasteiger partial charge < -0.3 is 20.9 Å². The normalized spacial score (nSPS) is 13.6. The first kappa shape index (κ1) is 19.7. The fraction of sp³-hybridized carbons (Fsp3) is 0.381. The van der Waals surface area contributed by atoms with E-state index in [4.69, 9.17) is 0 Å². The van der Waals surface area contributed by atoms with Gasteiger partial charge in [0, 0.05) is 32.6 Å². The predicted molar refractivity (Wildman–Crippen MR) is 110 cm³/mol. The predicted octanol–water partition coefficient (Wildman–Crippen LogP) is 2.90. The van der Waals surface area contributed by atoms with Crippen LogP contribution >= 0.6 is 0 Å². The molecule has 7 heteroatoms. The van der Waals surface area contributed by atoms with Crippen LogP contribution in [-0.2, 0) is 11.3 Å². The summed E-state index contributed by atoms with van der Waals surface area (Å²) in [4.78, 5) is 30.5. The third-order valence-corrected chi connectivity index (χ3v) is 4.65. The number of pyridine rings is 1. The van der Waals surface area contributed by atoms with E-state index in [9.17, 15) is 9.59 Å². The first-order valence-corrected chi connectivity index (χ1v) is 9.77. The number of carbonyl (C=O) groups excluding carboxylic acids is 2. The lowest BCUT2D eigenvalue weighted by Crippen LogP contribution is -2.36. The molecular weight excluding hydrogens is 354 g/mol. The van der Waals surface area contributed by atoms with Crippen molar-refractivity contribution in [2.45, 2.75) is 32.2 Å². The van der Waals surface area contributed by atoms with E-state index in [1.165, 1.54) is 19.3 Å². The molecule has 148 valence electrons. The Bertz CT molecular complexity index is 758. The Kier molecular flexibility index (Phi) is 7.23. The molecule has 1 fully saturated rings. The lowest BCUT2D eigenvalue weighted by molar-refractivity contribution is -0.116. The average molecular weight is 381 g/mol. The van der Waals surface area contributed by atoms with Gasteiger partial charge in [-0.15, -0.1) is 0 Å². The molecule has 1 saturated heterocycles. The van der Waals surface area contributed by atoms with Crippen molar-refractivity contribution in [3.05, 3.63) is 54.2 Å². The van der Waals surface area contributed by atoms with Crippen LogP contribution in [0.15, 0.2) is 48.7 Å². The zero-order valence-corrected chi connectivity index (χ0v) is 16.0. The zero-order valence-electron chi connectivity index (χ0n) is 16.0. The lowest BCUT2D eigenvalue weighted by atomic mass is 10.1. The molecule has 3 rings (SSSR count). The van der Waals surface area contributed by atoms with Gasteiger partial charge in [-0.1, -0.05) is 30.3 Å². The zero-order chi connectivity index (χ0) is 19.6. The van der Waals surface area contributed by atoms with Crippen LogP contribution in [0.2, 0.25) is 0 Å². The molecule has 0 aliphatic carbocycles. The number of nitrogens with zero attached hydrogens (tertiary/aromatic N) is 2. The van der Waals surface area contributed by atoms with Gasteiger partial charge in [-0.05, 0) is 37.0 Å². The van der Waals surface area contributed by atoms with Crippen molar-refractivity contribution in [1.29, 1.82) is 0 Å². The van der Waals surface area contributed by atoms with Crippen molar-refractivity contribution in [2.24, 2.45) is 0 Å². The smallest absolute Gasteiger partial charge is 0.315 e. The van der Waals surface area contributed by atoms with Crippen molar-refractivity contribution in [3.63, 3.8) is 0 Å². The first-order valence-electron chi connectivity index (χ1n) is 9.77. The summed E-state index contributed by atoms with van der Waals surface area (Å²) in [6.07, 6.45) is 5.57. The van der Waals surface area contributed by atoms with Crippen LogP contribution in [0.3, 0.4) is 0 Å². The monoisotopic (exact) mass is 381 g/mol. The van der Waals surface area contributed by atoms with Crippen LogP contribution in [-0.4, -0.2) is 36.6 Å². The molecule has 1 aliphatic rings. The maximum atomic E-state index is 12.0. The molecule has 2 aromatic rings. The van der Waals surface area contributed by atoms with Crippen molar-refractivity contribution < 1.29 is 9.59 Å². The van der Waals surface area contributed by atoms with E-state index >= 15 is 0 Å². The van der Waals surface area contributed by atoms with Gasteiger partial charge in [-0.3, -0.25) is 4.79 Å². The molecule has 0 saturated carbocycles. The molecular formula is C21H27N5O2. The second-order valence-corrected chi connectivity index (χ2v) is 6.85. The Hall–Kier alpha value is -3.09.